The van der Waals surface area contributed by atoms with E-state index in [1.54, 1.807) is 0 Å². The third-order valence-electron chi connectivity index (χ3n) is 2.21. The van der Waals surface area contributed by atoms with Crippen LogP contribution < -0.4 is 5.32 Å². The van der Waals surface area contributed by atoms with Gasteiger partial charge in [-0.3, -0.25) is 0 Å². The molecule has 0 aromatic heterocycles. The fourth-order valence-electron chi connectivity index (χ4n) is 1.12. The summed E-state index contributed by atoms with van der Waals surface area (Å²) < 4.78 is 0. The van der Waals surface area contributed by atoms with Gasteiger partial charge in [-0.1, -0.05) is 36.4 Å². The predicted octanol–water partition coefficient (Wildman–Crippen LogP) is 2.62. The Morgan fingerprint density at radius 1 is 1.31 bits per heavy atom. The van der Waals surface area contributed by atoms with E-state index in [4.69, 9.17) is 0 Å². The summed E-state index contributed by atoms with van der Waals surface area (Å²) in [6, 6.07) is 8.82. The molecule has 1 aromatic rings. The summed E-state index contributed by atoms with van der Waals surface area (Å²) in [5.41, 5.74) is 2.62. The van der Waals surface area contributed by atoms with Gasteiger partial charge in [0.05, 0.1) is 0 Å². The molecule has 1 heteroatoms. The maximum atomic E-state index is 3.17. The van der Waals surface area contributed by atoms with Gasteiger partial charge in [-0.05, 0) is 32.0 Å². The minimum atomic E-state index is 0.430. The van der Waals surface area contributed by atoms with Crippen molar-refractivity contribution in [3.63, 3.8) is 0 Å². The highest BCUT2D eigenvalue weighted by atomic mass is 14.8. The number of aryl methyl sites for hydroxylation is 1. The van der Waals surface area contributed by atoms with Crippen LogP contribution >= 0.6 is 0 Å². The summed E-state index contributed by atoms with van der Waals surface area (Å²) in [7, 11) is 1.97. The van der Waals surface area contributed by atoms with E-state index in [9.17, 15) is 0 Å². The van der Waals surface area contributed by atoms with E-state index in [0.29, 0.717) is 6.04 Å². The molecule has 1 nitrogen and oxygen atoms in total. The molecular formula is C12H17N. The van der Waals surface area contributed by atoms with E-state index in [-0.39, 0.29) is 0 Å². The predicted molar refractivity (Wildman–Crippen MR) is 58.7 cm³/mol. The fourth-order valence-corrected chi connectivity index (χ4v) is 1.12. The third-order valence-corrected chi connectivity index (χ3v) is 2.21. The van der Waals surface area contributed by atoms with Crippen LogP contribution in [0.25, 0.3) is 6.08 Å². The highest BCUT2D eigenvalue weighted by Gasteiger charge is 1.92. The van der Waals surface area contributed by atoms with Crippen molar-refractivity contribution in [3.8, 4) is 0 Å². The first-order chi connectivity index (χ1) is 6.24. The van der Waals surface area contributed by atoms with Gasteiger partial charge in [-0.2, -0.15) is 0 Å². The number of rotatable bonds is 3. The highest BCUT2D eigenvalue weighted by molar-refractivity contribution is 5.53. The number of hydrogen-bond acceptors (Lipinski definition) is 1. The van der Waals surface area contributed by atoms with Crippen molar-refractivity contribution in [1.82, 2.24) is 5.32 Å². The number of hydrogen-bond donors (Lipinski definition) is 1. The zero-order chi connectivity index (χ0) is 9.68. The molecule has 0 saturated heterocycles. The van der Waals surface area contributed by atoms with Crippen LogP contribution in [0.3, 0.4) is 0 Å². The molecule has 0 aliphatic rings. The minimum absolute atomic E-state index is 0.430. The fraction of sp³-hybridized carbons (Fsp3) is 0.333. The number of likely N-dealkylation sites (N-methyl/N-ethyl adjacent to an activating group) is 1. The lowest BCUT2D eigenvalue weighted by Crippen LogP contribution is -2.17. The summed E-state index contributed by atoms with van der Waals surface area (Å²) >= 11 is 0. The Bertz CT molecular complexity index is 289. The topological polar surface area (TPSA) is 12.0 Å². The van der Waals surface area contributed by atoms with Crippen LogP contribution in [-0.2, 0) is 0 Å². The van der Waals surface area contributed by atoms with Crippen LogP contribution in [0.15, 0.2) is 30.3 Å². The van der Waals surface area contributed by atoms with Crippen LogP contribution in [0, 0.1) is 6.92 Å². The summed E-state index contributed by atoms with van der Waals surface area (Å²) in [5, 5.41) is 3.17. The van der Waals surface area contributed by atoms with E-state index < -0.39 is 0 Å². The molecule has 70 valence electrons. The van der Waals surface area contributed by atoms with Crippen molar-refractivity contribution in [1.29, 1.82) is 0 Å². The van der Waals surface area contributed by atoms with Crippen LogP contribution in [0.4, 0.5) is 0 Å². The summed E-state index contributed by atoms with van der Waals surface area (Å²) in [5.74, 6) is 0. The zero-order valence-corrected chi connectivity index (χ0v) is 8.54. The van der Waals surface area contributed by atoms with Gasteiger partial charge in [-0.25, -0.2) is 0 Å². The van der Waals surface area contributed by atoms with E-state index >= 15 is 0 Å². The monoisotopic (exact) mass is 175 g/mol. The Kier molecular flexibility index (Phi) is 3.71. The Morgan fingerprint density at radius 2 is 2.00 bits per heavy atom. The van der Waals surface area contributed by atoms with Crippen molar-refractivity contribution in [2.24, 2.45) is 0 Å². The summed E-state index contributed by atoms with van der Waals surface area (Å²) in [6.07, 6.45) is 4.33. The molecule has 0 bridgehead atoms. The molecule has 13 heavy (non-hydrogen) atoms. The van der Waals surface area contributed by atoms with Gasteiger partial charge in [0.2, 0.25) is 0 Å². The molecule has 1 aromatic carbocycles. The molecule has 0 aliphatic carbocycles. The first-order valence-electron chi connectivity index (χ1n) is 4.65. The smallest absolute Gasteiger partial charge is 0.0221 e. The second kappa shape index (κ2) is 4.83. The van der Waals surface area contributed by atoms with E-state index in [2.05, 4.69) is 55.6 Å². The molecule has 0 heterocycles. The Balaban J connectivity index is 2.74. The third kappa shape index (κ3) is 3.03. The van der Waals surface area contributed by atoms with Gasteiger partial charge < -0.3 is 5.32 Å². The number of nitrogens with one attached hydrogen (secondary N) is 1. The van der Waals surface area contributed by atoms with Crippen LogP contribution in [0.2, 0.25) is 0 Å². The van der Waals surface area contributed by atoms with Crippen LogP contribution in [-0.4, -0.2) is 13.1 Å². The molecule has 0 fully saturated rings. The molecule has 1 unspecified atom stereocenters. The van der Waals surface area contributed by atoms with Crippen LogP contribution in [0.5, 0.6) is 0 Å². The molecule has 1 atom stereocenters. The number of benzene rings is 1. The van der Waals surface area contributed by atoms with Crippen molar-refractivity contribution in [2.75, 3.05) is 7.05 Å². The first-order valence-corrected chi connectivity index (χ1v) is 4.65. The molecule has 0 spiro atoms. The van der Waals surface area contributed by atoms with Crippen molar-refractivity contribution in [3.05, 3.63) is 41.5 Å². The van der Waals surface area contributed by atoms with Gasteiger partial charge in [0.1, 0.15) is 0 Å². The average molecular weight is 175 g/mol. The molecule has 0 aliphatic heterocycles. The van der Waals surface area contributed by atoms with Crippen molar-refractivity contribution >= 4 is 6.08 Å². The maximum Gasteiger partial charge on any atom is 0.0221 e. The summed E-state index contributed by atoms with van der Waals surface area (Å²) in [6.45, 7) is 4.26. The first kappa shape index (κ1) is 10.0. The van der Waals surface area contributed by atoms with Crippen molar-refractivity contribution in [2.45, 2.75) is 19.9 Å². The lowest BCUT2D eigenvalue weighted by Gasteiger charge is -2.03. The average Bonchev–Trinajstić information content (AvgIpc) is 2.16. The lowest BCUT2D eigenvalue weighted by molar-refractivity contribution is 0.731. The molecule has 0 saturated carbocycles. The zero-order valence-electron chi connectivity index (χ0n) is 8.54. The van der Waals surface area contributed by atoms with Gasteiger partial charge in [-0.15, -0.1) is 0 Å². The van der Waals surface area contributed by atoms with Gasteiger partial charge >= 0.3 is 0 Å². The van der Waals surface area contributed by atoms with E-state index in [1.165, 1.54) is 11.1 Å². The Hall–Kier alpha value is -1.08. The minimum Gasteiger partial charge on any atom is -0.314 e. The molecular weight excluding hydrogens is 158 g/mol. The maximum absolute atomic E-state index is 3.17. The van der Waals surface area contributed by atoms with E-state index in [0.717, 1.165) is 0 Å². The van der Waals surface area contributed by atoms with Gasteiger partial charge in [0.25, 0.3) is 0 Å². The SMILES string of the molecule is CNC(C)/C=C/c1ccccc1C. The second-order valence-electron chi connectivity index (χ2n) is 3.29. The standard InChI is InChI=1S/C12H17N/c1-10-6-4-5-7-12(10)9-8-11(2)13-3/h4-9,11,13H,1-3H3/b9-8+. The lowest BCUT2D eigenvalue weighted by atomic mass is 10.1. The molecule has 1 rings (SSSR count). The molecule has 1 N–H and O–H groups in total. The highest BCUT2D eigenvalue weighted by Crippen LogP contribution is 2.08. The van der Waals surface area contributed by atoms with Gasteiger partial charge in [0, 0.05) is 6.04 Å². The molecule has 0 radical (unpaired) electrons. The van der Waals surface area contributed by atoms with E-state index in [1.807, 2.05) is 7.05 Å². The van der Waals surface area contributed by atoms with Crippen molar-refractivity contribution < 1.29 is 0 Å². The Labute approximate surface area is 80.5 Å². The normalized spacial score (nSPS) is 13.5. The quantitative estimate of drug-likeness (QED) is 0.744. The van der Waals surface area contributed by atoms with Gasteiger partial charge in [0.15, 0.2) is 0 Å². The second-order valence-corrected chi connectivity index (χ2v) is 3.29. The Morgan fingerprint density at radius 3 is 2.62 bits per heavy atom. The summed E-state index contributed by atoms with van der Waals surface area (Å²) in [4.78, 5) is 0. The van der Waals surface area contributed by atoms with Crippen LogP contribution in [0.1, 0.15) is 18.1 Å². The molecule has 0 amide bonds. The largest absolute Gasteiger partial charge is 0.314 e.